The number of hydrogen-bond donors (Lipinski definition) is 1. The molecule has 0 spiro atoms. The smallest absolute Gasteiger partial charge is 0.337 e. The summed E-state index contributed by atoms with van der Waals surface area (Å²) in [4.78, 5) is 25.0. The van der Waals surface area contributed by atoms with Crippen molar-refractivity contribution in [1.29, 1.82) is 0 Å². The van der Waals surface area contributed by atoms with Gasteiger partial charge in [0.05, 0.1) is 18.2 Å². The Balaban J connectivity index is 2.05. The molecular formula is C22H21N3O3. The van der Waals surface area contributed by atoms with Gasteiger partial charge in [-0.15, -0.1) is 0 Å². The summed E-state index contributed by atoms with van der Waals surface area (Å²) in [6, 6.07) is 15.0. The van der Waals surface area contributed by atoms with E-state index in [9.17, 15) is 9.59 Å². The molecule has 0 amide bonds. The third-order valence-electron chi connectivity index (χ3n) is 5.27. The number of nitrogens with zero attached hydrogens (tertiary/aromatic N) is 2. The van der Waals surface area contributed by atoms with Crippen LogP contribution in [0.15, 0.2) is 53.3 Å². The molecule has 0 saturated carbocycles. The highest BCUT2D eigenvalue weighted by Gasteiger charge is 2.17. The molecule has 0 saturated heterocycles. The van der Waals surface area contributed by atoms with Crippen LogP contribution in [0.25, 0.3) is 33.1 Å². The monoisotopic (exact) mass is 375 g/mol. The summed E-state index contributed by atoms with van der Waals surface area (Å²) >= 11 is 0. The van der Waals surface area contributed by atoms with Crippen molar-refractivity contribution in [2.24, 2.45) is 19.8 Å². The van der Waals surface area contributed by atoms with E-state index in [1.54, 1.807) is 17.7 Å². The predicted molar refractivity (Wildman–Crippen MR) is 110 cm³/mol. The third kappa shape index (κ3) is 2.61. The Bertz CT molecular complexity index is 1280. The molecule has 0 radical (unpaired) electrons. The molecule has 0 atom stereocenters. The van der Waals surface area contributed by atoms with E-state index in [1.165, 1.54) is 7.11 Å². The van der Waals surface area contributed by atoms with E-state index in [1.807, 2.05) is 54.1 Å². The highest BCUT2D eigenvalue weighted by Crippen LogP contribution is 2.31. The number of aromatic nitrogens is 2. The Kier molecular flexibility index (Phi) is 4.28. The molecule has 0 aliphatic rings. The van der Waals surface area contributed by atoms with Crippen molar-refractivity contribution in [2.75, 3.05) is 7.11 Å². The molecule has 4 aromatic rings. The van der Waals surface area contributed by atoms with Crippen molar-refractivity contribution in [3.05, 3.63) is 70.0 Å². The van der Waals surface area contributed by atoms with Gasteiger partial charge >= 0.3 is 5.97 Å². The maximum Gasteiger partial charge on any atom is 0.337 e. The number of fused-ring (bicyclic) bond motifs is 3. The second kappa shape index (κ2) is 6.65. The Morgan fingerprint density at radius 3 is 2.36 bits per heavy atom. The topological polar surface area (TPSA) is 79.2 Å². The third-order valence-corrected chi connectivity index (χ3v) is 5.27. The van der Waals surface area contributed by atoms with Crippen LogP contribution in [0.2, 0.25) is 0 Å². The zero-order valence-electron chi connectivity index (χ0n) is 16.0. The number of ether oxygens (including phenoxy) is 1. The SMILES string of the molecule is COC(=O)c1ccc2c(c1)c1cc(-c3ccc(CN)cc3)c(=O)n(C)c1n2C. The minimum atomic E-state index is -0.388. The van der Waals surface area contributed by atoms with Gasteiger partial charge in [-0.25, -0.2) is 4.79 Å². The molecule has 6 nitrogen and oxygen atoms in total. The van der Waals surface area contributed by atoms with E-state index in [4.69, 9.17) is 10.5 Å². The summed E-state index contributed by atoms with van der Waals surface area (Å²) < 4.78 is 8.47. The zero-order chi connectivity index (χ0) is 20.0. The van der Waals surface area contributed by atoms with Gasteiger partial charge in [0.15, 0.2) is 0 Å². The maximum atomic E-state index is 13.0. The van der Waals surface area contributed by atoms with Gasteiger partial charge in [0.25, 0.3) is 5.56 Å². The molecule has 2 aromatic heterocycles. The summed E-state index contributed by atoms with van der Waals surface area (Å²) in [5.41, 5.74) is 10.3. The van der Waals surface area contributed by atoms with Crippen molar-refractivity contribution in [3.8, 4) is 11.1 Å². The molecule has 0 aliphatic carbocycles. The molecule has 2 N–H and O–H groups in total. The number of nitrogens with two attached hydrogens (primary N) is 1. The van der Waals surface area contributed by atoms with Gasteiger partial charge in [-0.1, -0.05) is 24.3 Å². The fourth-order valence-corrected chi connectivity index (χ4v) is 3.76. The minimum absolute atomic E-state index is 0.0768. The number of aryl methyl sites for hydroxylation is 2. The number of methoxy groups -OCH3 is 1. The van der Waals surface area contributed by atoms with Crippen LogP contribution in [-0.2, 0) is 25.4 Å². The number of carbonyl (C=O) groups is 1. The van der Waals surface area contributed by atoms with Crippen LogP contribution in [0.1, 0.15) is 15.9 Å². The van der Waals surface area contributed by atoms with Gasteiger partial charge in [-0.3, -0.25) is 9.36 Å². The normalized spacial score (nSPS) is 11.3. The van der Waals surface area contributed by atoms with E-state index in [2.05, 4.69) is 0 Å². The molecule has 0 fully saturated rings. The van der Waals surface area contributed by atoms with Crippen LogP contribution in [0.4, 0.5) is 0 Å². The van der Waals surface area contributed by atoms with Gasteiger partial charge in [-0.05, 0) is 35.4 Å². The largest absolute Gasteiger partial charge is 0.465 e. The fraction of sp³-hybridized carbons (Fsp3) is 0.182. The lowest BCUT2D eigenvalue weighted by Gasteiger charge is -2.09. The summed E-state index contributed by atoms with van der Waals surface area (Å²) in [7, 11) is 5.04. The average Bonchev–Trinajstić information content (AvgIpc) is 3.01. The molecule has 28 heavy (non-hydrogen) atoms. The molecule has 142 valence electrons. The quantitative estimate of drug-likeness (QED) is 0.559. The number of pyridine rings is 1. The zero-order valence-corrected chi connectivity index (χ0v) is 16.0. The van der Waals surface area contributed by atoms with Gasteiger partial charge < -0.3 is 15.0 Å². The number of hydrogen-bond acceptors (Lipinski definition) is 4. The van der Waals surface area contributed by atoms with Crippen molar-refractivity contribution in [3.63, 3.8) is 0 Å². The summed E-state index contributed by atoms with van der Waals surface area (Å²) in [5, 5.41) is 1.80. The molecule has 0 unspecified atom stereocenters. The van der Waals surface area contributed by atoms with Crippen LogP contribution in [0.3, 0.4) is 0 Å². The van der Waals surface area contributed by atoms with E-state index >= 15 is 0 Å². The fourth-order valence-electron chi connectivity index (χ4n) is 3.76. The highest BCUT2D eigenvalue weighted by molar-refractivity contribution is 6.10. The van der Waals surface area contributed by atoms with Crippen LogP contribution >= 0.6 is 0 Å². The highest BCUT2D eigenvalue weighted by atomic mass is 16.5. The molecular weight excluding hydrogens is 354 g/mol. The predicted octanol–water partition coefficient (Wildman–Crippen LogP) is 2.94. The summed E-state index contributed by atoms with van der Waals surface area (Å²) in [6.45, 7) is 0.455. The van der Waals surface area contributed by atoms with E-state index in [-0.39, 0.29) is 11.5 Å². The van der Waals surface area contributed by atoms with E-state index < -0.39 is 0 Å². The Morgan fingerprint density at radius 1 is 1.00 bits per heavy atom. The van der Waals surface area contributed by atoms with Crippen LogP contribution < -0.4 is 11.3 Å². The van der Waals surface area contributed by atoms with Crippen LogP contribution in [0, 0.1) is 0 Å². The Hall–Kier alpha value is -3.38. The van der Waals surface area contributed by atoms with E-state index in [0.717, 1.165) is 33.1 Å². The lowest BCUT2D eigenvalue weighted by atomic mass is 10.0. The summed E-state index contributed by atoms with van der Waals surface area (Å²) in [5.74, 6) is -0.388. The number of esters is 1. The molecule has 6 heteroatoms. The van der Waals surface area contributed by atoms with Crippen molar-refractivity contribution >= 4 is 27.9 Å². The second-order valence-electron chi connectivity index (χ2n) is 6.84. The first kappa shape index (κ1) is 18.0. The summed E-state index contributed by atoms with van der Waals surface area (Å²) in [6.07, 6.45) is 0. The van der Waals surface area contributed by atoms with Crippen LogP contribution in [0.5, 0.6) is 0 Å². The first-order chi connectivity index (χ1) is 13.5. The first-order valence-corrected chi connectivity index (χ1v) is 8.96. The van der Waals surface area contributed by atoms with Gasteiger partial charge in [0.1, 0.15) is 5.65 Å². The second-order valence-corrected chi connectivity index (χ2v) is 6.84. The maximum absolute atomic E-state index is 13.0. The number of rotatable bonds is 3. The van der Waals surface area contributed by atoms with E-state index in [0.29, 0.717) is 17.7 Å². The first-order valence-electron chi connectivity index (χ1n) is 8.96. The Morgan fingerprint density at radius 2 is 1.71 bits per heavy atom. The molecule has 0 bridgehead atoms. The van der Waals surface area contributed by atoms with Crippen molar-refractivity contribution in [1.82, 2.24) is 9.13 Å². The standard InChI is InChI=1S/C22H21N3O3/c1-24-19-9-8-15(22(27)28-3)10-17(19)18-11-16(21(26)25(2)20(18)24)14-6-4-13(12-23)5-7-14/h4-11H,12,23H2,1-3H3. The van der Waals surface area contributed by atoms with Gasteiger partial charge in [-0.2, -0.15) is 0 Å². The number of carbonyl (C=O) groups excluding carboxylic acids is 1. The van der Waals surface area contributed by atoms with Crippen molar-refractivity contribution < 1.29 is 9.53 Å². The lowest BCUT2D eigenvalue weighted by Crippen LogP contribution is -2.20. The lowest BCUT2D eigenvalue weighted by molar-refractivity contribution is 0.0601. The van der Waals surface area contributed by atoms with Gasteiger partial charge in [0, 0.05) is 37.0 Å². The molecule has 2 heterocycles. The number of benzene rings is 2. The Labute approximate surface area is 161 Å². The van der Waals surface area contributed by atoms with Crippen LogP contribution in [-0.4, -0.2) is 22.2 Å². The minimum Gasteiger partial charge on any atom is -0.465 e. The molecule has 4 rings (SSSR count). The van der Waals surface area contributed by atoms with Gasteiger partial charge in [0.2, 0.25) is 0 Å². The average molecular weight is 375 g/mol. The molecule has 0 aliphatic heterocycles. The molecule has 2 aromatic carbocycles. The van der Waals surface area contributed by atoms with Crippen molar-refractivity contribution in [2.45, 2.75) is 6.54 Å².